The number of rotatable bonds is 26. The van der Waals surface area contributed by atoms with Crippen molar-refractivity contribution in [2.75, 3.05) is 65.4 Å². The van der Waals surface area contributed by atoms with Gasteiger partial charge in [-0.15, -0.1) is 0 Å². The van der Waals surface area contributed by atoms with Crippen LogP contribution in [0.3, 0.4) is 0 Å². The Bertz CT molecular complexity index is 1780. The molecule has 368 valence electrons. The first kappa shape index (κ1) is 53.9. The zero-order valence-corrected chi connectivity index (χ0v) is 36.3. The standard InChI is InChI=1S/C39H59N9O18/c1-2-3-4-23-35(61)41-16-28(50)42-24(14-29(51)52)36(62)44-34-21(13-22-5-6-25(37(63)43-23)48(22)38(34)64)15-40-27(49)8-7-26(39(65)66)47(11-9-45(17-30(53)54)18-31(55)56)12-10-46(19-32(57)58)20-33(59)60/h21-26,34H,2-20H2,1H3,(H,40,49)(H,41,61)(H,42,50)(H,43,63)(H,44,62)(H,51,52)(H,53,54)(H,55,56)(H,57,58)(H,59,60)(H,65,66)/t21-,22-,23-,24-,25-,26-,34+/m0/s1. The fraction of sp³-hybridized carbons (Fsp3) is 0.692. The number of carboxylic acids is 6. The number of carbonyl (C=O) groups excluding carboxylic acids is 6. The van der Waals surface area contributed by atoms with E-state index in [0.717, 1.165) is 9.80 Å². The van der Waals surface area contributed by atoms with Crippen molar-refractivity contribution in [1.29, 1.82) is 0 Å². The molecule has 11 N–H and O–H groups in total. The first-order chi connectivity index (χ1) is 31.1. The molecular formula is C39H59N9O18. The molecule has 3 fully saturated rings. The summed E-state index contributed by atoms with van der Waals surface area (Å²) in [5.74, 6) is -14.2. The van der Waals surface area contributed by atoms with E-state index in [1.165, 1.54) is 9.80 Å². The molecule has 7 atom stereocenters. The molecule has 0 radical (unpaired) electrons. The molecule has 66 heavy (non-hydrogen) atoms. The second kappa shape index (κ2) is 25.9. The predicted molar refractivity (Wildman–Crippen MR) is 221 cm³/mol. The number of carbonyl (C=O) groups is 12. The molecule has 0 aromatic rings. The smallest absolute Gasteiger partial charge is 0.320 e. The van der Waals surface area contributed by atoms with Gasteiger partial charge in [0.15, 0.2) is 0 Å². The maximum absolute atomic E-state index is 14.3. The first-order valence-electron chi connectivity index (χ1n) is 21.4. The van der Waals surface area contributed by atoms with Gasteiger partial charge in [-0.1, -0.05) is 19.8 Å². The Hall–Kier alpha value is -6.48. The number of amides is 6. The van der Waals surface area contributed by atoms with Crippen molar-refractivity contribution in [2.45, 2.75) is 101 Å². The number of unbranched alkanes of at least 4 members (excludes halogenated alkanes) is 1. The molecule has 6 amide bonds. The van der Waals surface area contributed by atoms with Crippen molar-refractivity contribution in [3.05, 3.63) is 0 Å². The van der Waals surface area contributed by atoms with Gasteiger partial charge in [0, 0.05) is 51.1 Å². The van der Waals surface area contributed by atoms with Crippen molar-refractivity contribution < 1.29 is 88.2 Å². The van der Waals surface area contributed by atoms with Gasteiger partial charge in [-0.3, -0.25) is 72.2 Å². The molecule has 27 heteroatoms. The zero-order chi connectivity index (χ0) is 49.2. The van der Waals surface area contributed by atoms with Gasteiger partial charge in [-0.25, -0.2) is 0 Å². The van der Waals surface area contributed by atoms with Crippen LogP contribution in [0, 0.1) is 5.92 Å². The molecule has 27 nitrogen and oxygen atoms in total. The summed E-state index contributed by atoms with van der Waals surface area (Å²) in [5.41, 5.74) is 0. The van der Waals surface area contributed by atoms with Gasteiger partial charge in [0.05, 0.1) is 39.1 Å². The van der Waals surface area contributed by atoms with Crippen molar-refractivity contribution in [2.24, 2.45) is 5.92 Å². The summed E-state index contributed by atoms with van der Waals surface area (Å²) in [6, 6.07) is -7.46. The summed E-state index contributed by atoms with van der Waals surface area (Å²) in [4.78, 5) is 156. The van der Waals surface area contributed by atoms with E-state index in [-0.39, 0.29) is 52.0 Å². The lowest BCUT2D eigenvalue weighted by Gasteiger charge is -2.42. The highest BCUT2D eigenvalue weighted by Crippen LogP contribution is 2.35. The predicted octanol–water partition coefficient (Wildman–Crippen LogP) is -4.79. The Kier molecular flexibility index (Phi) is 21.1. The van der Waals surface area contributed by atoms with E-state index in [2.05, 4.69) is 26.6 Å². The number of piperidine rings is 1. The normalized spacial score (nSPS) is 22.9. The van der Waals surface area contributed by atoms with Crippen LogP contribution in [-0.2, 0) is 57.5 Å². The summed E-state index contributed by atoms with van der Waals surface area (Å²) in [5, 5.41) is 69.5. The van der Waals surface area contributed by atoms with Crippen LogP contribution in [-0.4, -0.2) is 223 Å². The number of nitrogens with one attached hydrogen (secondary N) is 5. The molecule has 3 aliphatic heterocycles. The highest BCUT2D eigenvalue weighted by molar-refractivity contribution is 5.98. The second-order valence-electron chi connectivity index (χ2n) is 16.3. The maximum Gasteiger partial charge on any atom is 0.320 e. The number of carboxylic acid groups (broad SMARTS) is 6. The van der Waals surface area contributed by atoms with Crippen LogP contribution in [0.25, 0.3) is 0 Å². The Labute approximate surface area is 377 Å². The van der Waals surface area contributed by atoms with E-state index < -0.39 is 165 Å². The van der Waals surface area contributed by atoms with Gasteiger partial charge in [0.25, 0.3) is 0 Å². The lowest BCUT2D eigenvalue weighted by Crippen LogP contribution is -2.65. The molecule has 0 aromatic heterocycles. The van der Waals surface area contributed by atoms with Gasteiger partial charge < -0.3 is 62.1 Å². The topological polar surface area (TPSA) is 399 Å². The molecule has 0 spiro atoms. The minimum Gasteiger partial charge on any atom is -0.481 e. The number of nitrogens with zero attached hydrogens (tertiary/aromatic N) is 4. The third-order valence-corrected chi connectivity index (χ3v) is 11.4. The fourth-order valence-corrected chi connectivity index (χ4v) is 8.27. The highest BCUT2D eigenvalue weighted by atomic mass is 16.4. The van der Waals surface area contributed by atoms with Gasteiger partial charge >= 0.3 is 35.8 Å². The monoisotopic (exact) mass is 941 g/mol. The molecular weight excluding hydrogens is 882 g/mol. The Morgan fingerprint density at radius 1 is 0.712 bits per heavy atom. The molecule has 2 bridgehead atoms. The van der Waals surface area contributed by atoms with Gasteiger partial charge in [-0.05, 0) is 32.1 Å². The molecule has 3 rings (SSSR count). The van der Waals surface area contributed by atoms with Crippen LogP contribution in [0.1, 0.15) is 64.7 Å². The molecule has 0 unspecified atom stereocenters. The average Bonchev–Trinajstić information content (AvgIpc) is 3.65. The number of fused-ring (bicyclic) bond motifs is 1. The third kappa shape index (κ3) is 17.1. The van der Waals surface area contributed by atoms with Crippen molar-refractivity contribution >= 4 is 71.3 Å². The maximum atomic E-state index is 14.3. The molecule has 3 heterocycles. The molecule has 0 aromatic carbocycles. The van der Waals surface area contributed by atoms with Crippen molar-refractivity contribution in [1.82, 2.24) is 46.2 Å². The minimum absolute atomic E-state index is 0.106. The zero-order valence-electron chi connectivity index (χ0n) is 36.3. The van der Waals surface area contributed by atoms with Crippen LogP contribution in [0.5, 0.6) is 0 Å². The summed E-state index contributed by atoms with van der Waals surface area (Å²) < 4.78 is 0. The number of hydrogen-bond donors (Lipinski definition) is 11. The van der Waals surface area contributed by atoms with Gasteiger partial charge in [-0.2, -0.15) is 0 Å². The number of hydrogen-bond acceptors (Lipinski definition) is 15. The van der Waals surface area contributed by atoms with Crippen LogP contribution in [0.15, 0.2) is 0 Å². The van der Waals surface area contributed by atoms with Gasteiger partial charge in [0.1, 0.15) is 30.2 Å². The minimum atomic E-state index is -1.72. The number of aliphatic carboxylic acids is 6. The average molecular weight is 942 g/mol. The molecule has 0 saturated carbocycles. The van der Waals surface area contributed by atoms with E-state index in [1.54, 1.807) is 0 Å². The SMILES string of the molecule is CCCC[C@@H]1NC(=O)[C@@H]2CC[C@H]3C[C@@H](CNC(=O)CC[C@@H](C(=O)O)N(CCN(CC(=O)O)CC(=O)O)CCN(CC(=O)O)CC(=O)O)[C@@H](NC(=O)[C@H](CC(=O)O)NC(=O)CNC1=O)C(=O)N32. The highest BCUT2D eigenvalue weighted by Gasteiger charge is 2.51. The van der Waals surface area contributed by atoms with Crippen molar-refractivity contribution in [3.63, 3.8) is 0 Å². The lowest BCUT2D eigenvalue weighted by atomic mass is 9.85. The van der Waals surface area contributed by atoms with E-state index in [1.807, 2.05) is 6.92 Å². The Morgan fingerprint density at radius 3 is 1.80 bits per heavy atom. The molecule has 0 aliphatic carbocycles. The summed E-state index contributed by atoms with van der Waals surface area (Å²) in [6.45, 7) is -3.33. The van der Waals surface area contributed by atoms with Crippen molar-refractivity contribution in [3.8, 4) is 0 Å². The molecule has 3 saturated heterocycles. The van der Waals surface area contributed by atoms with Crippen LogP contribution in [0.4, 0.5) is 0 Å². The lowest BCUT2D eigenvalue weighted by molar-refractivity contribution is -0.149. The van der Waals surface area contributed by atoms with Gasteiger partial charge in [0.2, 0.25) is 35.4 Å². The third-order valence-electron chi connectivity index (χ3n) is 11.4. The van der Waals surface area contributed by atoms with Crippen LogP contribution < -0.4 is 26.6 Å². The van der Waals surface area contributed by atoms with Crippen LogP contribution >= 0.6 is 0 Å². The Balaban J connectivity index is 1.87. The molecule has 3 aliphatic rings. The largest absolute Gasteiger partial charge is 0.481 e. The van der Waals surface area contributed by atoms with E-state index in [0.29, 0.717) is 19.3 Å². The summed E-state index contributed by atoms with van der Waals surface area (Å²) >= 11 is 0. The summed E-state index contributed by atoms with van der Waals surface area (Å²) in [7, 11) is 0. The fourth-order valence-electron chi connectivity index (χ4n) is 8.27. The second-order valence-corrected chi connectivity index (χ2v) is 16.3. The van der Waals surface area contributed by atoms with E-state index >= 15 is 0 Å². The first-order valence-corrected chi connectivity index (χ1v) is 21.4. The van der Waals surface area contributed by atoms with E-state index in [4.69, 9.17) is 0 Å². The Morgan fingerprint density at radius 2 is 1.29 bits per heavy atom. The summed E-state index contributed by atoms with van der Waals surface area (Å²) in [6.07, 6.45) is 0.142. The van der Waals surface area contributed by atoms with E-state index in [9.17, 15) is 88.2 Å². The van der Waals surface area contributed by atoms with Crippen LogP contribution in [0.2, 0.25) is 0 Å². The quantitative estimate of drug-likeness (QED) is 0.0388.